The van der Waals surface area contributed by atoms with Crippen molar-refractivity contribution < 1.29 is 27.5 Å². The molecule has 2 aromatic carbocycles. The lowest BCUT2D eigenvalue weighted by atomic mass is 9.97. The number of amides is 1. The van der Waals surface area contributed by atoms with E-state index in [-0.39, 0.29) is 29.3 Å². The van der Waals surface area contributed by atoms with Gasteiger partial charge >= 0.3 is 5.97 Å². The monoisotopic (exact) mass is 494 g/mol. The Hall–Kier alpha value is -2.78. The van der Waals surface area contributed by atoms with Crippen molar-refractivity contribution in [3.63, 3.8) is 0 Å². The fourth-order valence-electron chi connectivity index (χ4n) is 3.45. The molecule has 0 unspecified atom stereocenters. The van der Waals surface area contributed by atoms with Gasteiger partial charge in [-0.3, -0.25) is 14.3 Å². The number of piperidine rings is 1. The lowest BCUT2D eigenvalue weighted by molar-refractivity contribution is -0.151. The summed E-state index contributed by atoms with van der Waals surface area (Å²) in [5.74, 6) is -0.196. The Morgan fingerprint density at radius 1 is 1.12 bits per heavy atom. The van der Waals surface area contributed by atoms with Crippen LogP contribution in [-0.4, -0.2) is 51.5 Å². The zero-order valence-corrected chi connectivity index (χ0v) is 20.1. The van der Waals surface area contributed by atoms with Crippen LogP contribution in [0.2, 0.25) is 5.02 Å². The molecule has 0 aliphatic carbocycles. The van der Waals surface area contributed by atoms with Gasteiger partial charge in [0.25, 0.3) is 15.9 Å². The standard InChI is InChI=1S/C23H27ClN2O6S/c1-3-31-23(28)17-10-12-26(13-11-17)22(27)15-32-19-6-8-20(9-7-19)33(29,30)25-18-5-4-16(2)21(24)14-18/h4-9,14,17,25H,3,10-13,15H2,1-2H3. The van der Waals surface area contributed by atoms with E-state index in [0.29, 0.717) is 49.0 Å². The van der Waals surface area contributed by atoms with Crippen molar-refractivity contribution in [3.05, 3.63) is 53.1 Å². The molecule has 33 heavy (non-hydrogen) atoms. The summed E-state index contributed by atoms with van der Waals surface area (Å²) in [5.41, 5.74) is 1.21. The number of anilines is 1. The van der Waals surface area contributed by atoms with Crippen LogP contribution in [0.15, 0.2) is 47.4 Å². The van der Waals surface area contributed by atoms with Crippen LogP contribution in [0.3, 0.4) is 0 Å². The first-order valence-corrected chi connectivity index (χ1v) is 12.5. The van der Waals surface area contributed by atoms with Gasteiger partial charge in [0, 0.05) is 18.1 Å². The molecule has 1 aliphatic rings. The van der Waals surface area contributed by atoms with E-state index < -0.39 is 10.0 Å². The van der Waals surface area contributed by atoms with Crippen molar-refractivity contribution in [2.24, 2.45) is 5.92 Å². The van der Waals surface area contributed by atoms with Crippen molar-refractivity contribution in [2.45, 2.75) is 31.6 Å². The maximum atomic E-state index is 12.6. The van der Waals surface area contributed by atoms with E-state index in [4.69, 9.17) is 21.1 Å². The molecule has 0 bridgehead atoms. The number of aryl methyl sites for hydroxylation is 1. The fourth-order valence-corrected chi connectivity index (χ4v) is 4.68. The molecule has 0 saturated carbocycles. The quantitative estimate of drug-likeness (QED) is 0.562. The molecule has 1 fully saturated rings. The molecule has 10 heteroatoms. The van der Waals surface area contributed by atoms with Gasteiger partial charge in [0.15, 0.2) is 6.61 Å². The third-order valence-corrected chi connectivity index (χ3v) is 7.19. The SMILES string of the molecule is CCOC(=O)C1CCN(C(=O)COc2ccc(S(=O)(=O)Nc3ccc(C)c(Cl)c3)cc2)CC1. The Morgan fingerprint density at radius 3 is 2.39 bits per heavy atom. The summed E-state index contributed by atoms with van der Waals surface area (Å²) < 4.78 is 38.3. The first kappa shape index (κ1) is 24.9. The largest absolute Gasteiger partial charge is 0.484 e. The van der Waals surface area contributed by atoms with E-state index in [9.17, 15) is 18.0 Å². The second-order valence-corrected chi connectivity index (χ2v) is 9.83. The first-order valence-electron chi connectivity index (χ1n) is 10.7. The van der Waals surface area contributed by atoms with Gasteiger partial charge < -0.3 is 14.4 Å². The van der Waals surface area contributed by atoms with Crippen molar-refractivity contribution in [1.82, 2.24) is 4.90 Å². The van der Waals surface area contributed by atoms with Gasteiger partial charge in [-0.05, 0) is 68.7 Å². The summed E-state index contributed by atoms with van der Waals surface area (Å²) in [6.07, 6.45) is 1.13. The summed E-state index contributed by atoms with van der Waals surface area (Å²) in [6, 6.07) is 10.7. The van der Waals surface area contributed by atoms with Gasteiger partial charge in [-0.1, -0.05) is 17.7 Å². The zero-order chi connectivity index (χ0) is 24.0. The maximum Gasteiger partial charge on any atom is 0.309 e. The van der Waals surface area contributed by atoms with Crippen molar-refractivity contribution in [2.75, 3.05) is 31.0 Å². The van der Waals surface area contributed by atoms with E-state index in [1.165, 1.54) is 24.3 Å². The Balaban J connectivity index is 1.51. The van der Waals surface area contributed by atoms with Crippen molar-refractivity contribution >= 4 is 39.2 Å². The number of carbonyl (C=O) groups excluding carboxylic acids is 2. The number of carbonyl (C=O) groups is 2. The second kappa shape index (κ2) is 10.9. The number of hydrogen-bond donors (Lipinski definition) is 1. The number of nitrogens with zero attached hydrogens (tertiary/aromatic N) is 1. The van der Waals surface area contributed by atoms with Crippen molar-refractivity contribution in [3.8, 4) is 5.75 Å². The second-order valence-electron chi connectivity index (χ2n) is 7.74. The molecule has 1 amide bonds. The van der Waals surface area contributed by atoms with Crippen LogP contribution in [0.1, 0.15) is 25.3 Å². The Labute approximate surface area is 198 Å². The molecular weight excluding hydrogens is 468 g/mol. The van der Waals surface area contributed by atoms with E-state index in [1.807, 2.05) is 6.92 Å². The Bertz CT molecular complexity index is 1100. The molecule has 8 nitrogen and oxygen atoms in total. The third kappa shape index (κ3) is 6.61. The topological polar surface area (TPSA) is 102 Å². The fraction of sp³-hybridized carbons (Fsp3) is 0.391. The minimum absolute atomic E-state index is 0.0545. The predicted molar refractivity (Wildman–Crippen MR) is 125 cm³/mol. The number of ether oxygens (including phenoxy) is 2. The van der Waals surface area contributed by atoms with Crippen LogP contribution in [0, 0.1) is 12.8 Å². The summed E-state index contributed by atoms with van der Waals surface area (Å²) in [7, 11) is -3.80. The summed E-state index contributed by atoms with van der Waals surface area (Å²) in [4.78, 5) is 25.9. The predicted octanol–water partition coefficient (Wildman–Crippen LogP) is 3.63. The number of rotatable bonds is 8. The average molecular weight is 495 g/mol. The molecule has 1 N–H and O–H groups in total. The highest BCUT2D eigenvalue weighted by molar-refractivity contribution is 7.92. The molecule has 1 heterocycles. The number of nitrogens with one attached hydrogen (secondary N) is 1. The van der Waals surface area contributed by atoms with E-state index in [0.717, 1.165) is 5.56 Å². The molecule has 0 radical (unpaired) electrons. The molecule has 0 aromatic heterocycles. The molecule has 1 aliphatic heterocycles. The Kier molecular flexibility index (Phi) is 8.20. The number of halogens is 1. The number of likely N-dealkylation sites (tertiary alicyclic amines) is 1. The zero-order valence-electron chi connectivity index (χ0n) is 18.5. The van der Waals surface area contributed by atoms with Crippen LogP contribution in [0.25, 0.3) is 0 Å². The average Bonchev–Trinajstić information content (AvgIpc) is 2.80. The highest BCUT2D eigenvalue weighted by atomic mass is 35.5. The first-order chi connectivity index (χ1) is 15.7. The number of benzene rings is 2. The smallest absolute Gasteiger partial charge is 0.309 e. The van der Waals surface area contributed by atoms with Crippen LogP contribution in [0.5, 0.6) is 5.75 Å². The molecule has 178 valence electrons. The van der Waals surface area contributed by atoms with E-state index in [1.54, 1.807) is 30.0 Å². The van der Waals surface area contributed by atoms with Crippen LogP contribution in [0.4, 0.5) is 5.69 Å². The molecular formula is C23H27ClN2O6S. The number of hydrogen-bond acceptors (Lipinski definition) is 6. The normalized spacial score (nSPS) is 14.6. The van der Waals surface area contributed by atoms with E-state index in [2.05, 4.69) is 4.72 Å². The highest BCUT2D eigenvalue weighted by Crippen LogP contribution is 2.24. The molecule has 1 saturated heterocycles. The molecule has 0 spiro atoms. The van der Waals surface area contributed by atoms with Crippen LogP contribution in [-0.2, 0) is 24.3 Å². The molecule has 2 aromatic rings. The summed E-state index contributed by atoms with van der Waals surface area (Å²) >= 11 is 6.06. The number of esters is 1. The highest BCUT2D eigenvalue weighted by Gasteiger charge is 2.28. The molecule has 3 rings (SSSR count). The van der Waals surface area contributed by atoms with E-state index >= 15 is 0 Å². The van der Waals surface area contributed by atoms with Gasteiger partial charge in [0.2, 0.25) is 0 Å². The lowest BCUT2D eigenvalue weighted by Crippen LogP contribution is -2.42. The van der Waals surface area contributed by atoms with Gasteiger partial charge in [0.1, 0.15) is 5.75 Å². The minimum atomic E-state index is -3.80. The number of sulfonamides is 1. The minimum Gasteiger partial charge on any atom is -0.484 e. The van der Waals surface area contributed by atoms with Crippen LogP contribution >= 0.6 is 11.6 Å². The van der Waals surface area contributed by atoms with Crippen molar-refractivity contribution in [1.29, 1.82) is 0 Å². The summed E-state index contributed by atoms with van der Waals surface area (Å²) in [6.45, 7) is 4.72. The van der Waals surface area contributed by atoms with Crippen LogP contribution < -0.4 is 9.46 Å². The van der Waals surface area contributed by atoms with Gasteiger partial charge in [-0.15, -0.1) is 0 Å². The van der Waals surface area contributed by atoms with Gasteiger partial charge in [-0.2, -0.15) is 0 Å². The van der Waals surface area contributed by atoms with Gasteiger partial charge in [0.05, 0.1) is 23.1 Å². The Morgan fingerprint density at radius 2 is 1.79 bits per heavy atom. The lowest BCUT2D eigenvalue weighted by Gasteiger charge is -2.30. The summed E-state index contributed by atoms with van der Waals surface area (Å²) in [5, 5.41) is 0.466. The maximum absolute atomic E-state index is 12.6. The van der Waals surface area contributed by atoms with Gasteiger partial charge in [-0.25, -0.2) is 8.42 Å². The third-order valence-electron chi connectivity index (χ3n) is 5.39. The molecule has 0 atom stereocenters.